The van der Waals surface area contributed by atoms with Crippen LogP contribution in [0.4, 0.5) is 0 Å². The van der Waals surface area contributed by atoms with Crippen molar-refractivity contribution in [3.05, 3.63) is 26.9 Å². The summed E-state index contributed by atoms with van der Waals surface area (Å²) in [6, 6.07) is 0. The van der Waals surface area contributed by atoms with Crippen molar-refractivity contribution < 1.29 is 43.7 Å². The molecule has 1 aliphatic heterocycles. The van der Waals surface area contributed by atoms with Gasteiger partial charge in [-0.3, -0.25) is 23.7 Å². The van der Waals surface area contributed by atoms with Crippen LogP contribution in [-0.4, -0.2) is 72.1 Å². The molecule has 2 rings (SSSR count). The number of nitrogens with zero attached hydrogens (tertiary/aromatic N) is 1. The average molecular weight is 427 g/mol. The van der Waals surface area contributed by atoms with Crippen LogP contribution < -0.4 is 10.9 Å². The topological polar surface area (TPSA) is 204 Å². The molecule has 1 aromatic heterocycles. The molecule has 0 spiro atoms. The Labute approximate surface area is 156 Å². The summed E-state index contributed by atoms with van der Waals surface area (Å²) in [6.07, 6.45) is -4.38. The Balaban J connectivity index is 2.21. The maximum Gasteiger partial charge on any atom is 0.469 e. The Morgan fingerprint density at radius 3 is 2.67 bits per heavy atom. The lowest BCUT2D eigenvalue weighted by Crippen LogP contribution is -2.34. The van der Waals surface area contributed by atoms with Crippen molar-refractivity contribution in [2.45, 2.75) is 31.1 Å². The molecule has 7 N–H and O–H groups in total. The van der Waals surface area contributed by atoms with Gasteiger partial charge in [-0.15, -0.1) is 0 Å². The number of aliphatic carboxylic acids is 1. The molecular formula is C12H18N3O10PS. The summed E-state index contributed by atoms with van der Waals surface area (Å²) in [7, 11) is -4.80. The summed E-state index contributed by atoms with van der Waals surface area (Å²) >= 11 is 5.01. The van der Waals surface area contributed by atoms with Gasteiger partial charge in [-0.2, -0.15) is 0 Å². The fourth-order valence-corrected chi connectivity index (χ4v) is 3.00. The molecule has 0 bridgehead atoms. The molecule has 2 heterocycles. The average Bonchev–Trinajstić information content (AvgIpc) is 2.82. The van der Waals surface area contributed by atoms with Crippen LogP contribution in [0.3, 0.4) is 0 Å². The quantitative estimate of drug-likeness (QED) is 0.175. The summed E-state index contributed by atoms with van der Waals surface area (Å²) in [5.41, 5.74) is -0.492. The third kappa shape index (κ3) is 5.75. The van der Waals surface area contributed by atoms with Gasteiger partial charge in [0.25, 0.3) is 5.56 Å². The largest absolute Gasteiger partial charge is 0.480 e. The normalized spacial score (nSPS) is 25.6. The molecule has 27 heavy (non-hydrogen) atoms. The second-order valence-electron chi connectivity index (χ2n) is 5.65. The van der Waals surface area contributed by atoms with E-state index >= 15 is 0 Å². The van der Waals surface area contributed by atoms with E-state index in [-0.39, 0.29) is 16.9 Å². The van der Waals surface area contributed by atoms with Gasteiger partial charge in [0.15, 0.2) is 11.0 Å². The third-order valence-electron chi connectivity index (χ3n) is 3.65. The van der Waals surface area contributed by atoms with E-state index in [1.165, 1.54) is 6.20 Å². The first kappa shape index (κ1) is 21.8. The highest BCUT2D eigenvalue weighted by Gasteiger charge is 2.44. The van der Waals surface area contributed by atoms with Crippen molar-refractivity contribution >= 4 is 26.0 Å². The Hall–Kier alpha value is -1.48. The maximum absolute atomic E-state index is 11.9. The highest BCUT2D eigenvalue weighted by molar-refractivity contribution is 7.71. The molecule has 0 amide bonds. The van der Waals surface area contributed by atoms with E-state index in [1.807, 2.05) is 0 Å². The van der Waals surface area contributed by atoms with E-state index in [4.69, 9.17) is 31.8 Å². The number of H-pyrrole nitrogens is 1. The fourth-order valence-electron chi connectivity index (χ4n) is 2.41. The lowest BCUT2D eigenvalue weighted by Gasteiger charge is -2.19. The Morgan fingerprint density at radius 1 is 1.41 bits per heavy atom. The van der Waals surface area contributed by atoms with Crippen molar-refractivity contribution in [2.75, 3.05) is 13.2 Å². The van der Waals surface area contributed by atoms with Crippen LogP contribution in [0.5, 0.6) is 0 Å². The predicted octanol–water partition coefficient (Wildman–Crippen LogP) is -2.19. The van der Waals surface area contributed by atoms with Crippen molar-refractivity contribution in [1.29, 1.82) is 0 Å². The number of aromatic amines is 1. The van der Waals surface area contributed by atoms with Gasteiger partial charge >= 0.3 is 13.8 Å². The van der Waals surface area contributed by atoms with Crippen molar-refractivity contribution in [2.24, 2.45) is 0 Å². The highest BCUT2D eigenvalue weighted by Crippen LogP contribution is 2.38. The summed E-state index contributed by atoms with van der Waals surface area (Å²) in [5, 5.41) is 31.3. The van der Waals surface area contributed by atoms with E-state index in [9.17, 15) is 24.4 Å². The number of nitrogens with one attached hydrogen (secondary N) is 2. The number of aromatic nitrogens is 2. The first-order chi connectivity index (χ1) is 12.5. The van der Waals surface area contributed by atoms with Gasteiger partial charge in [-0.1, -0.05) is 0 Å². The van der Waals surface area contributed by atoms with Gasteiger partial charge < -0.3 is 35.2 Å². The minimum Gasteiger partial charge on any atom is -0.480 e. The maximum atomic E-state index is 11.9. The van der Waals surface area contributed by atoms with E-state index in [2.05, 4.69) is 14.8 Å². The number of rotatable bonds is 8. The van der Waals surface area contributed by atoms with Crippen molar-refractivity contribution in [3.8, 4) is 0 Å². The molecule has 4 unspecified atom stereocenters. The molecule has 4 atom stereocenters. The van der Waals surface area contributed by atoms with E-state index in [0.29, 0.717) is 0 Å². The number of ether oxygens (including phenoxy) is 1. The Kier molecular flexibility index (Phi) is 7.02. The smallest absolute Gasteiger partial charge is 0.469 e. The molecule has 0 radical (unpaired) electrons. The lowest BCUT2D eigenvalue weighted by atomic mass is 10.1. The molecule has 0 aliphatic carbocycles. The fraction of sp³-hybridized carbons (Fsp3) is 0.583. The summed E-state index contributed by atoms with van der Waals surface area (Å²) in [4.78, 5) is 42.2. The van der Waals surface area contributed by atoms with Crippen LogP contribution in [-0.2, 0) is 25.2 Å². The molecular weight excluding hydrogens is 409 g/mol. The zero-order valence-electron chi connectivity index (χ0n) is 13.6. The van der Waals surface area contributed by atoms with Crippen LogP contribution >= 0.6 is 20.0 Å². The van der Waals surface area contributed by atoms with Gasteiger partial charge in [0, 0.05) is 18.3 Å². The van der Waals surface area contributed by atoms with Crippen molar-refractivity contribution in [1.82, 2.24) is 14.9 Å². The molecule has 1 saturated heterocycles. The number of hydrogen-bond acceptors (Lipinski definition) is 9. The molecule has 152 valence electrons. The molecule has 0 aromatic carbocycles. The molecule has 15 heteroatoms. The number of carboxylic acid groups (broad SMARTS) is 1. The molecule has 1 aromatic rings. The zero-order valence-corrected chi connectivity index (χ0v) is 15.3. The highest BCUT2D eigenvalue weighted by atomic mass is 32.1. The second kappa shape index (κ2) is 8.68. The van der Waals surface area contributed by atoms with Gasteiger partial charge in [-0.25, -0.2) is 4.57 Å². The first-order valence-electron chi connectivity index (χ1n) is 7.48. The number of carboxylic acids is 1. The SMILES string of the molecule is O=C(O)CNCc1cn(C2OC(COP(=O)(O)O)C(O)C2O)c(=S)[nH]c1=O. The number of aliphatic hydroxyl groups is 2. The Bertz CT molecular complexity index is 851. The van der Waals surface area contributed by atoms with Gasteiger partial charge in [0.05, 0.1) is 13.2 Å². The summed E-state index contributed by atoms with van der Waals surface area (Å²) in [5.74, 6) is -1.12. The molecule has 0 saturated carbocycles. The van der Waals surface area contributed by atoms with E-state index in [1.54, 1.807) is 0 Å². The minimum absolute atomic E-state index is 0.0880. The minimum atomic E-state index is -4.80. The van der Waals surface area contributed by atoms with Crippen LogP contribution in [0, 0.1) is 4.77 Å². The monoisotopic (exact) mass is 427 g/mol. The standard InChI is InChI=1S/C12H18N3O10PS/c16-7(17)2-13-1-5-3-15(12(27)14-10(5)20)11-9(19)8(18)6(25-11)4-24-26(21,22)23/h3,6,8-9,11,13,18-19H,1-2,4H2,(H,16,17)(H,14,20,27)(H2,21,22,23). The van der Waals surface area contributed by atoms with Crippen LogP contribution in [0.1, 0.15) is 11.8 Å². The number of aliphatic hydroxyl groups excluding tert-OH is 2. The first-order valence-corrected chi connectivity index (χ1v) is 9.42. The number of phosphoric acid groups is 1. The second-order valence-corrected chi connectivity index (χ2v) is 7.28. The third-order valence-corrected chi connectivity index (χ3v) is 4.45. The number of phosphoric ester groups is 1. The molecule has 1 fully saturated rings. The predicted molar refractivity (Wildman–Crippen MR) is 89.1 cm³/mol. The van der Waals surface area contributed by atoms with Crippen molar-refractivity contribution in [3.63, 3.8) is 0 Å². The Morgan fingerprint density at radius 2 is 2.07 bits per heavy atom. The molecule has 13 nitrogen and oxygen atoms in total. The van der Waals surface area contributed by atoms with Gasteiger partial charge in [0.1, 0.15) is 18.3 Å². The molecule has 1 aliphatic rings. The van der Waals surface area contributed by atoms with Gasteiger partial charge in [0.2, 0.25) is 0 Å². The number of hydrogen-bond donors (Lipinski definition) is 7. The van der Waals surface area contributed by atoms with E-state index < -0.39 is 57.0 Å². The van der Waals surface area contributed by atoms with Gasteiger partial charge in [-0.05, 0) is 12.2 Å². The number of carbonyl (C=O) groups is 1. The van der Waals surface area contributed by atoms with Crippen LogP contribution in [0.25, 0.3) is 0 Å². The summed E-state index contributed by atoms with van der Waals surface area (Å²) in [6.45, 7) is -1.20. The zero-order chi connectivity index (χ0) is 20.4. The van der Waals surface area contributed by atoms with Crippen LogP contribution in [0.15, 0.2) is 11.0 Å². The van der Waals surface area contributed by atoms with Crippen LogP contribution in [0.2, 0.25) is 0 Å². The summed E-state index contributed by atoms with van der Waals surface area (Å²) < 4.78 is 21.4. The van der Waals surface area contributed by atoms with E-state index in [0.717, 1.165) is 4.57 Å². The lowest BCUT2D eigenvalue weighted by molar-refractivity contribution is -0.136.